The Bertz CT molecular complexity index is 463. The number of ether oxygens (including phenoxy) is 1. The number of rotatable bonds is 6. The minimum atomic E-state index is -1.62. The number of nitro benzene ring substituents is 1. The van der Waals surface area contributed by atoms with Gasteiger partial charge in [0.2, 0.25) is 5.72 Å². The summed E-state index contributed by atoms with van der Waals surface area (Å²) in [5, 5.41) is 22.3. The minimum absolute atomic E-state index is 0.121. The summed E-state index contributed by atoms with van der Waals surface area (Å²) in [6.07, 6.45) is 0. The van der Waals surface area contributed by atoms with Crippen molar-refractivity contribution in [2.45, 2.75) is 19.6 Å². The zero-order chi connectivity index (χ0) is 13.8. The third-order valence-corrected chi connectivity index (χ3v) is 2.28. The van der Waals surface area contributed by atoms with Gasteiger partial charge in [-0.05, 0) is 19.9 Å². The van der Waals surface area contributed by atoms with E-state index >= 15 is 0 Å². The number of hydrogen-bond donors (Lipinski definition) is 2. The third kappa shape index (κ3) is 3.17. The second-order valence-corrected chi connectivity index (χ2v) is 3.70. The Morgan fingerprint density at radius 1 is 1.61 bits per heavy atom. The number of nitrogens with zero attached hydrogens (tertiary/aromatic N) is 1. The van der Waals surface area contributed by atoms with Crippen LogP contribution in [-0.2, 0) is 9.53 Å². The van der Waals surface area contributed by atoms with Crippen LogP contribution in [0.4, 0.5) is 11.4 Å². The molecule has 98 valence electrons. The lowest BCUT2D eigenvalue weighted by Crippen LogP contribution is -2.46. The number of carboxylic acids is 1. The average Bonchev–Trinajstić information content (AvgIpc) is 2.29. The van der Waals surface area contributed by atoms with Crippen LogP contribution in [-0.4, -0.2) is 28.3 Å². The lowest BCUT2D eigenvalue weighted by atomic mass is 10.2. The van der Waals surface area contributed by atoms with Crippen LogP contribution in [0.1, 0.15) is 13.8 Å². The number of carboxylic acid groups (broad SMARTS) is 1. The van der Waals surface area contributed by atoms with Crippen LogP contribution in [0, 0.1) is 10.1 Å². The molecule has 0 aromatic heterocycles. The second kappa shape index (κ2) is 5.46. The smallest absolute Gasteiger partial charge is 0.357 e. The number of carbonyl (C=O) groups is 1. The van der Waals surface area contributed by atoms with E-state index in [1.165, 1.54) is 31.2 Å². The first-order valence-electron chi connectivity index (χ1n) is 5.29. The van der Waals surface area contributed by atoms with Crippen molar-refractivity contribution in [3.05, 3.63) is 34.4 Å². The molecule has 1 aromatic carbocycles. The highest BCUT2D eigenvalue weighted by molar-refractivity contribution is 5.80. The van der Waals surface area contributed by atoms with E-state index < -0.39 is 16.6 Å². The highest BCUT2D eigenvalue weighted by atomic mass is 16.6. The molecule has 0 heterocycles. The summed E-state index contributed by atoms with van der Waals surface area (Å²) in [7, 11) is 0. The zero-order valence-electron chi connectivity index (χ0n) is 10.0. The van der Waals surface area contributed by atoms with E-state index in [1.807, 2.05) is 0 Å². The Morgan fingerprint density at radius 3 is 2.78 bits per heavy atom. The van der Waals surface area contributed by atoms with E-state index in [0.717, 1.165) is 0 Å². The van der Waals surface area contributed by atoms with Crippen molar-refractivity contribution in [1.29, 1.82) is 0 Å². The van der Waals surface area contributed by atoms with Crippen LogP contribution in [0.15, 0.2) is 24.3 Å². The Labute approximate surface area is 104 Å². The van der Waals surface area contributed by atoms with Gasteiger partial charge in [0.1, 0.15) is 0 Å². The Balaban J connectivity index is 2.97. The summed E-state index contributed by atoms with van der Waals surface area (Å²) in [6, 6.07) is 5.58. The molecule has 7 heteroatoms. The highest BCUT2D eigenvalue weighted by Gasteiger charge is 2.34. The van der Waals surface area contributed by atoms with E-state index in [2.05, 4.69) is 5.32 Å². The normalized spacial score (nSPS) is 13.7. The summed E-state index contributed by atoms with van der Waals surface area (Å²) >= 11 is 0. The van der Waals surface area contributed by atoms with Gasteiger partial charge in [0, 0.05) is 24.4 Å². The Kier molecular flexibility index (Phi) is 4.22. The maximum Gasteiger partial charge on any atom is 0.357 e. The molecule has 0 amide bonds. The number of non-ortho nitro benzene ring substituents is 1. The predicted octanol–water partition coefficient (Wildman–Crippen LogP) is 1.84. The van der Waals surface area contributed by atoms with Crippen LogP contribution in [0.3, 0.4) is 0 Å². The fraction of sp³-hybridized carbons (Fsp3) is 0.364. The standard InChI is InChI=1S/C11H14N2O5/c1-3-18-11(2,10(14)15)12-8-5-4-6-9(7-8)13(16)17/h4-7,12H,3H2,1-2H3,(H,14,15). The second-order valence-electron chi connectivity index (χ2n) is 3.70. The molecule has 1 atom stereocenters. The van der Waals surface area contributed by atoms with Gasteiger partial charge in [0.25, 0.3) is 5.69 Å². The summed E-state index contributed by atoms with van der Waals surface area (Å²) in [5.41, 5.74) is -1.43. The minimum Gasteiger partial charge on any atom is -0.478 e. The highest BCUT2D eigenvalue weighted by Crippen LogP contribution is 2.21. The lowest BCUT2D eigenvalue weighted by Gasteiger charge is -2.26. The van der Waals surface area contributed by atoms with Crippen LogP contribution in [0.25, 0.3) is 0 Å². The molecule has 0 saturated heterocycles. The van der Waals surface area contributed by atoms with Crippen molar-refractivity contribution in [2.75, 3.05) is 11.9 Å². The molecular formula is C11H14N2O5. The molecule has 0 saturated carbocycles. The Morgan fingerprint density at radius 2 is 2.28 bits per heavy atom. The molecule has 7 nitrogen and oxygen atoms in total. The van der Waals surface area contributed by atoms with E-state index in [1.54, 1.807) is 6.92 Å². The van der Waals surface area contributed by atoms with Crippen molar-refractivity contribution in [3.8, 4) is 0 Å². The molecule has 0 aliphatic rings. The van der Waals surface area contributed by atoms with Crippen molar-refractivity contribution in [1.82, 2.24) is 0 Å². The molecule has 0 spiro atoms. The summed E-state index contributed by atoms with van der Waals surface area (Å²) in [4.78, 5) is 21.2. The first kappa shape index (κ1) is 13.9. The van der Waals surface area contributed by atoms with Gasteiger partial charge in [-0.15, -0.1) is 0 Å². The summed E-state index contributed by atoms with van der Waals surface area (Å²) < 4.78 is 5.11. The molecule has 1 aromatic rings. The van der Waals surface area contributed by atoms with Crippen LogP contribution < -0.4 is 5.32 Å². The number of hydrogen-bond acceptors (Lipinski definition) is 5. The molecule has 1 rings (SSSR count). The van der Waals surface area contributed by atoms with Gasteiger partial charge in [-0.2, -0.15) is 0 Å². The molecule has 2 N–H and O–H groups in total. The fourth-order valence-corrected chi connectivity index (χ4v) is 1.41. The van der Waals surface area contributed by atoms with Gasteiger partial charge >= 0.3 is 5.97 Å². The number of aliphatic carboxylic acids is 1. The van der Waals surface area contributed by atoms with Crippen LogP contribution in [0.5, 0.6) is 0 Å². The zero-order valence-corrected chi connectivity index (χ0v) is 10.0. The molecule has 0 bridgehead atoms. The van der Waals surface area contributed by atoms with Gasteiger partial charge in [0.15, 0.2) is 0 Å². The molecule has 0 aliphatic carbocycles. The summed E-state index contributed by atoms with van der Waals surface area (Å²) in [6.45, 7) is 3.21. The predicted molar refractivity (Wildman–Crippen MR) is 64.4 cm³/mol. The number of benzene rings is 1. The Hall–Kier alpha value is -2.15. The third-order valence-electron chi connectivity index (χ3n) is 2.28. The largest absolute Gasteiger partial charge is 0.478 e. The topological polar surface area (TPSA) is 102 Å². The first-order chi connectivity index (χ1) is 8.39. The van der Waals surface area contributed by atoms with Crippen molar-refractivity contribution >= 4 is 17.3 Å². The quantitative estimate of drug-likeness (QED) is 0.456. The van der Waals surface area contributed by atoms with Crippen LogP contribution in [0.2, 0.25) is 0 Å². The maximum atomic E-state index is 11.1. The van der Waals surface area contributed by atoms with Crippen molar-refractivity contribution in [2.24, 2.45) is 0 Å². The van der Waals surface area contributed by atoms with Gasteiger partial charge in [0.05, 0.1) is 4.92 Å². The van der Waals surface area contributed by atoms with Crippen LogP contribution >= 0.6 is 0 Å². The summed E-state index contributed by atoms with van der Waals surface area (Å²) in [5.74, 6) is -1.20. The van der Waals surface area contributed by atoms with Crippen molar-refractivity contribution in [3.63, 3.8) is 0 Å². The monoisotopic (exact) mass is 254 g/mol. The first-order valence-corrected chi connectivity index (χ1v) is 5.29. The number of nitrogens with one attached hydrogen (secondary N) is 1. The van der Waals surface area contributed by atoms with Gasteiger partial charge in [-0.1, -0.05) is 6.07 Å². The molecule has 0 fully saturated rings. The van der Waals surface area contributed by atoms with Crippen molar-refractivity contribution < 1.29 is 19.6 Å². The molecule has 0 aliphatic heterocycles. The van der Waals surface area contributed by atoms with Gasteiger partial charge in [-0.25, -0.2) is 4.79 Å². The average molecular weight is 254 g/mol. The molecule has 1 unspecified atom stereocenters. The van der Waals surface area contributed by atoms with E-state index in [4.69, 9.17) is 9.84 Å². The number of nitro groups is 1. The molecule has 18 heavy (non-hydrogen) atoms. The maximum absolute atomic E-state index is 11.1. The van der Waals surface area contributed by atoms with E-state index in [0.29, 0.717) is 5.69 Å². The van der Waals surface area contributed by atoms with Gasteiger partial charge < -0.3 is 15.2 Å². The lowest BCUT2D eigenvalue weighted by molar-refractivity contribution is -0.384. The van der Waals surface area contributed by atoms with E-state index in [-0.39, 0.29) is 12.3 Å². The fourth-order valence-electron chi connectivity index (χ4n) is 1.41. The number of anilines is 1. The van der Waals surface area contributed by atoms with E-state index in [9.17, 15) is 14.9 Å². The molecular weight excluding hydrogens is 240 g/mol. The SMILES string of the molecule is CCOC(C)(Nc1cccc([N+](=O)[O-])c1)C(=O)O. The molecule has 0 radical (unpaired) electrons. The van der Waals surface area contributed by atoms with Gasteiger partial charge in [-0.3, -0.25) is 10.1 Å².